The van der Waals surface area contributed by atoms with Gasteiger partial charge in [0, 0.05) is 11.8 Å². The van der Waals surface area contributed by atoms with Gasteiger partial charge in [-0.1, -0.05) is 11.6 Å². The third-order valence-electron chi connectivity index (χ3n) is 3.95. The minimum atomic E-state index is 0.331. The molecule has 0 atom stereocenters. The number of anilines is 2. The Morgan fingerprint density at radius 1 is 1.24 bits per heavy atom. The third-order valence-corrected chi connectivity index (χ3v) is 4.24. The van der Waals surface area contributed by atoms with Crippen LogP contribution in [0.1, 0.15) is 54.7 Å². The third kappa shape index (κ3) is 2.68. The van der Waals surface area contributed by atoms with Gasteiger partial charge < -0.3 is 11.1 Å². The second kappa shape index (κ2) is 4.87. The lowest BCUT2D eigenvalue weighted by molar-refractivity contribution is 0.909. The molecule has 0 saturated heterocycles. The average Bonchev–Trinajstić information content (AvgIpc) is 3.38. The quantitative estimate of drug-likeness (QED) is 0.739. The summed E-state index contributed by atoms with van der Waals surface area (Å²) in [6.07, 6.45) is 4.75. The molecule has 2 saturated carbocycles. The molecule has 110 valence electrons. The number of nitrogens with two attached hydrogens (primary N) is 1. The molecule has 2 aliphatic rings. The SMILES string of the molecule is Nc1c(Cl)nc(C2CC2)nc1NCc1cc(C2CC2)n[nH]1. The maximum atomic E-state index is 6.09. The number of H-pyrrole nitrogens is 1. The molecule has 4 rings (SSSR count). The van der Waals surface area contributed by atoms with Crippen LogP contribution < -0.4 is 11.1 Å². The van der Waals surface area contributed by atoms with Crippen LogP contribution in [0.5, 0.6) is 0 Å². The molecule has 2 aliphatic carbocycles. The Bertz CT molecular complexity index is 674. The van der Waals surface area contributed by atoms with Crippen molar-refractivity contribution in [2.75, 3.05) is 11.1 Å². The summed E-state index contributed by atoms with van der Waals surface area (Å²) in [5.74, 6) is 2.49. The highest BCUT2D eigenvalue weighted by Gasteiger charge is 2.28. The Balaban J connectivity index is 1.50. The average molecular weight is 305 g/mol. The lowest BCUT2D eigenvalue weighted by atomic mass is 10.2. The van der Waals surface area contributed by atoms with E-state index in [4.69, 9.17) is 17.3 Å². The number of nitrogens with one attached hydrogen (secondary N) is 2. The Kier molecular flexibility index (Phi) is 2.99. The molecule has 0 bridgehead atoms. The summed E-state index contributed by atoms with van der Waals surface area (Å²) in [5, 5.41) is 10.9. The summed E-state index contributed by atoms with van der Waals surface area (Å²) in [7, 11) is 0. The molecule has 6 nitrogen and oxygen atoms in total. The van der Waals surface area contributed by atoms with E-state index >= 15 is 0 Å². The van der Waals surface area contributed by atoms with Crippen molar-refractivity contribution in [1.29, 1.82) is 0 Å². The number of aromatic nitrogens is 4. The molecule has 2 aromatic rings. The molecular formula is C14H17ClN6. The predicted octanol–water partition coefficient (Wildman–Crippen LogP) is 2.80. The standard InChI is InChI=1S/C14H17ClN6/c15-12-11(16)14(19-13(18-12)8-3-4-8)17-6-9-5-10(21-20-9)7-1-2-7/h5,7-8H,1-4,6,16H2,(H,20,21)(H,17,18,19). The molecule has 0 unspecified atom stereocenters. The zero-order chi connectivity index (χ0) is 14.4. The first kappa shape index (κ1) is 12.9. The van der Waals surface area contributed by atoms with Gasteiger partial charge in [0.1, 0.15) is 11.5 Å². The van der Waals surface area contributed by atoms with Gasteiger partial charge in [-0.05, 0) is 31.7 Å². The fourth-order valence-electron chi connectivity index (χ4n) is 2.35. The van der Waals surface area contributed by atoms with Crippen molar-refractivity contribution in [3.8, 4) is 0 Å². The fraction of sp³-hybridized carbons (Fsp3) is 0.500. The molecule has 2 aromatic heterocycles. The molecule has 0 spiro atoms. The van der Waals surface area contributed by atoms with E-state index in [1.807, 2.05) is 0 Å². The van der Waals surface area contributed by atoms with E-state index in [0.717, 1.165) is 30.1 Å². The van der Waals surface area contributed by atoms with E-state index in [1.54, 1.807) is 0 Å². The lowest BCUT2D eigenvalue weighted by Crippen LogP contribution is -2.08. The first-order valence-electron chi connectivity index (χ1n) is 7.31. The van der Waals surface area contributed by atoms with Crippen LogP contribution in [0.3, 0.4) is 0 Å². The monoisotopic (exact) mass is 304 g/mol. The molecule has 0 aliphatic heterocycles. The maximum Gasteiger partial charge on any atom is 0.157 e. The van der Waals surface area contributed by atoms with Gasteiger partial charge in [0.05, 0.1) is 17.9 Å². The highest BCUT2D eigenvalue weighted by molar-refractivity contribution is 6.32. The van der Waals surface area contributed by atoms with Crippen molar-refractivity contribution in [1.82, 2.24) is 20.2 Å². The van der Waals surface area contributed by atoms with Gasteiger partial charge >= 0.3 is 0 Å². The van der Waals surface area contributed by atoms with E-state index in [1.165, 1.54) is 12.8 Å². The van der Waals surface area contributed by atoms with Crippen LogP contribution in [-0.4, -0.2) is 20.2 Å². The van der Waals surface area contributed by atoms with Gasteiger partial charge in [-0.25, -0.2) is 9.97 Å². The molecule has 0 aromatic carbocycles. The minimum absolute atomic E-state index is 0.331. The zero-order valence-electron chi connectivity index (χ0n) is 11.6. The zero-order valence-corrected chi connectivity index (χ0v) is 12.3. The molecule has 2 fully saturated rings. The van der Waals surface area contributed by atoms with Gasteiger partial charge in [-0.3, -0.25) is 5.10 Å². The van der Waals surface area contributed by atoms with Crippen LogP contribution in [0.2, 0.25) is 5.15 Å². The maximum absolute atomic E-state index is 6.09. The van der Waals surface area contributed by atoms with Crippen molar-refractivity contribution >= 4 is 23.1 Å². The molecule has 0 amide bonds. The fourth-order valence-corrected chi connectivity index (χ4v) is 2.53. The van der Waals surface area contributed by atoms with E-state index in [9.17, 15) is 0 Å². The summed E-state index contributed by atoms with van der Waals surface area (Å²) in [6, 6.07) is 2.10. The summed E-state index contributed by atoms with van der Waals surface area (Å²) in [6.45, 7) is 0.599. The van der Waals surface area contributed by atoms with Crippen molar-refractivity contribution in [3.63, 3.8) is 0 Å². The smallest absolute Gasteiger partial charge is 0.157 e. The second-order valence-corrected chi connectivity index (χ2v) is 6.21. The number of nitrogens with zero attached hydrogens (tertiary/aromatic N) is 3. The summed E-state index contributed by atoms with van der Waals surface area (Å²) in [4.78, 5) is 8.75. The van der Waals surface area contributed by atoms with Crippen molar-refractivity contribution in [2.24, 2.45) is 0 Å². The Morgan fingerprint density at radius 2 is 2.00 bits per heavy atom. The van der Waals surface area contributed by atoms with E-state index in [-0.39, 0.29) is 0 Å². The number of hydrogen-bond acceptors (Lipinski definition) is 5. The van der Waals surface area contributed by atoms with E-state index < -0.39 is 0 Å². The number of halogens is 1. The molecule has 7 heteroatoms. The van der Waals surface area contributed by atoms with Crippen LogP contribution >= 0.6 is 11.6 Å². The largest absolute Gasteiger partial charge is 0.393 e. The Hall–Kier alpha value is -1.82. The van der Waals surface area contributed by atoms with Gasteiger partial charge in [0.15, 0.2) is 11.0 Å². The van der Waals surface area contributed by atoms with Gasteiger partial charge in [-0.15, -0.1) is 0 Å². The molecule has 4 N–H and O–H groups in total. The summed E-state index contributed by atoms with van der Waals surface area (Å²) in [5.41, 5.74) is 8.54. The number of nitrogen functional groups attached to an aromatic ring is 1. The Morgan fingerprint density at radius 3 is 2.71 bits per heavy atom. The second-order valence-electron chi connectivity index (χ2n) is 5.86. The minimum Gasteiger partial charge on any atom is -0.393 e. The topological polar surface area (TPSA) is 92.5 Å². The highest BCUT2D eigenvalue weighted by Crippen LogP contribution is 2.40. The first-order valence-corrected chi connectivity index (χ1v) is 7.69. The van der Waals surface area contributed by atoms with Crippen LogP contribution in [0.25, 0.3) is 0 Å². The number of aromatic amines is 1. The number of hydrogen-bond donors (Lipinski definition) is 3. The van der Waals surface area contributed by atoms with Crippen LogP contribution in [0, 0.1) is 0 Å². The van der Waals surface area contributed by atoms with Gasteiger partial charge in [-0.2, -0.15) is 5.10 Å². The molecular weight excluding hydrogens is 288 g/mol. The van der Waals surface area contributed by atoms with Crippen LogP contribution in [-0.2, 0) is 6.54 Å². The van der Waals surface area contributed by atoms with E-state index in [0.29, 0.717) is 35.0 Å². The van der Waals surface area contributed by atoms with E-state index in [2.05, 4.69) is 31.5 Å². The summed E-state index contributed by atoms with van der Waals surface area (Å²) >= 11 is 6.09. The molecule has 2 heterocycles. The number of rotatable bonds is 5. The lowest BCUT2D eigenvalue weighted by Gasteiger charge is -2.10. The Labute approximate surface area is 127 Å². The highest BCUT2D eigenvalue weighted by atomic mass is 35.5. The van der Waals surface area contributed by atoms with Crippen molar-refractivity contribution in [3.05, 3.63) is 28.4 Å². The first-order chi connectivity index (χ1) is 10.2. The van der Waals surface area contributed by atoms with Crippen molar-refractivity contribution in [2.45, 2.75) is 44.1 Å². The normalized spacial score (nSPS) is 18.0. The summed E-state index contributed by atoms with van der Waals surface area (Å²) < 4.78 is 0. The van der Waals surface area contributed by atoms with Crippen LogP contribution in [0.15, 0.2) is 6.07 Å². The van der Waals surface area contributed by atoms with Crippen molar-refractivity contribution < 1.29 is 0 Å². The van der Waals surface area contributed by atoms with Gasteiger partial charge in [0.2, 0.25) is 0 Å². The predicted molar refractivity (Wildman–Crippen MR) is 81.3 cm³/mol. The van der Waals surface area contributed by atoms with Gasteiger partial charge in [0.25, 0.3) is 0 Å². The molecule has 0 radical (unpaired) electrons. The molecule has 21 heavy (non-hydrogen) atoms. The van der Waals surface area contributed by atoms with Crippen LogP contribution in [0.4, 0.5) is 11.5 Å².